The summed E-state index contributed by atoms with van der Waals surface area (Å²) in [5, 5.41) is 0. The normalized spacial score (nSPS) is 48.9. The van der Waals surface area contributed by atoms with Crippen molar-refractivity contribution < 1.29 is 0 Å². The molecule has 4 aliphatic rings. The van der Waals surface area contributed by atoms with E-state index < -0.39 is 0 Å². The molecular weight excluding hydrogens is 360 g/mol. The van der Waals surface area contributed by atoms with Crippen molar-refractivity contribution in [3.05, 3.63) is 17.9 Å². The molecule has 0 spiro atoms. The summed E-state index contributed by atoms with van der Waals surface area (Å²) >= 11 is 0. The van der Waals surface area contributed by atoms with E-state index in [4.69, 9.17) is 0 Å². The number of hydrogen-bond donors (Lipinski definition) is 0. The van der Waals surface area contributed by atoms with Crippen molar-refractivity contribution in [3.63, 3.8) is 0 Å². The van der Waals surface area contributed by atoms with Crippen molar-refractivity contribution in [3.8, 4) is 0 Å². The highest BCUT2D eigenvalue weighted by molar-refractivity contribution is 5.16. The molecule has 0 heterocycles. The second-order valence-corrected chi connectivity index (χ2v) is 12.6. The quantitative estimate of drug-likeness (QED) is 0.406. The molecule has 170 valence electrons. The van der Waals surface area contributed by atoms with E-state index in [-0.39, 0.29) is 0 Å². The van der Waals surface area contributed by atoms with Gasteiger partial charge in [-0.2, -0.15) is 0 Å². The summed E-state index contributed by atoms with van der Waals surface area (Å²) < 4.78 is 0. The maximum atomic E-state index is 4.13. The van der Waals surface area contributed by atoms with Gasteiger partial charge in [0.25, 0.3) is 0 Å². The number of rotatable bonds is 3. The molecule has 0 bridgehead atoms. The van der Waals surface area contributed by atoms with Gasteiger partial charge in [0.2, 0.25) is 0 Å². The van der Waals surface area contributed by atoms with Gasteiger partial charge in [0, 0.05) is 0 Å². The maximum Gasteiger partial charge on any atom is -0.00707 e. The zero-order chi connectivity index (χ0) is 21.6. The molecule has 0 N–H and O–H groups in total. The molecule has 0 saturated heterocycles. The average molecular weight is 411 g/mol. The Bertz CT molecular complexity index is 668. The van der Waals surface area contributed by atoms with Crippen LogP contribution in [0, 0.1) is 45.8 Å². The van der Waals surface area contributed by atoms with Gasteiger partial charge in [0.05, 0.1) is 0 Å². The van der Waals surface area contributed by atoms with Gasteiger partial charge in [-0.3, -0.25) is 0 Å². The van der Waals surface area contributed by atoms with Gasteiger partial charge in [-0.15, -0.1) is 5.73 Å². The first-order valence-corrected chi connectivity index (χ1v) is 13.7. The van der Waals surface area contributed by atoms with E-state index in [0.29, 0.717) is 16.2 Å². The molecule has 4 rings (SSSR count). The van der Waals surface area contributed by atoms with E-state index in [1.54, 1.807) is 5.57 Å². The first-order valence-electron chi connectivity index (χ1n) is 13.7. The highest BCUT2D eigenvalue weighted by Gasteiger charge is 2.62. The Kier molecular flexibility index (Phi) is 6.40. The molecule has 0 aromatic heterocycles. The van der Waals surface area contributed by atoms with Crippen molar-refractivity contribution in [2.75, 3.05) is 0 Å². The van der Waals surface area contributed by atoms with E-state index in [1.807, 2.05) is 0 Å². The second-order valence-electron chi connectivity index (χ2n) is 12.6. The van der Waals surface area contributed by atoms with E-state index in [1.165, 1.54) is 83.5 Å². The lowest BCUT2D eigenvalue weighted by Crippen LogP contribution is -2.57. The molecule has 3 unspecified atom stereocenters. The van der Waals surface area contributed by atoms with Gasteiger partial charge in [-0.1, -0.05) is 66.9 Å². The molecule has 4 aliphatic carbocycles. The molecular formula is C30H50. The van der Waals surface area contributed by atoms with Crippen LogP contribution in [0.5, 0.6) is 0 Å². The van der Waals surface area contributed by atoms with Gasteiger partial charge in [0.15, 0.2) is 0 Å². The summed E-state index contributed by atoms with van der Waals surface area (Å²) in [6, 6.07) is 0. The molecule has 0 aliphatic heterocycles. The van der Waals surface area contributed by atoms with Gasteiger partial charge in [-0.05, 0) is 116 Å². The summed E-state index contributed by atoms with van der Waals surface area (Å²) in [7, 11) is 0. The van der Waals surface area contributed by atoms with Crippen molar-refractivity contribution in [2.24, 2.45) is 45.8 Å². The van der Waals surface area contributed by atoms with E-state index in [0.717, 1.165) is 36.0 Å². The smallest absolute Gasteiger partial charge is 0.00707 e. The van der Waals surface area contributed by atoms with Gasteiger partial charge in [-0.25, -0.2) is 0 Å². The summed E-state index contributed by atoms with van der Waals surface area (Å²) in [6.07, 6.45) is 20.3. The Labute approximate surface area is 188 Å². The highest BCUT2D eigenvalue weighted by atomic mass is 14.7. The third-order valence-corrected chi connectivity index (χ3v) is 11.8. The van der Waals surface area contributed by atoms with Crippen molar-refractivity contribution in [1.82, 2.24) is 0 Å². The standard InChI is InChI=1S/C30H50/c1-7-23(8-2)25-14-10-11-15-26-24-16-20-30(9-3)21-22(4)13-12-18-29(30,6)27(24)17-19-28(25,26)5/h22,24-27H,1,8-21H2,2-6H3/t22-,24-,25+,26?,27?,28+,29?,30+/m0/s1. The number of hydrogen-bond acceptors (Lipinski definition) is 0. The molecule has 0 amide bonds. The number of fused-ring (bicyclic) bond motifs is 5. The van der Waals surface area contributed by atoms with Gasteiger partial charge < -0.3 is 0 Å². The first kappa shape index (κ1) is 22.7. The Morgan fingerprint density at radius 3 is 2.37 bits per heavy atom. The van der Waals surface area contributed by atoms with Crippen LogP contribution in [0.2, 0.25) is 0 Å². The minimum atomic E-state index is 0.494. The molecule has 30 heavy (non-hydrogen) atoms. The topological polar surface area (TPSA) is 0 Å². The van der Waals surface area contributed by atoms with Crippen LogP contribution in [0.4, 0.5) is 0 Å². The summed E-state index contributed by atoms with van der Waals surface area (Å²) in [6.45, 7) is 17.0. The summed E-state index contributed by atoms with van der Waals surface area (Å²) in [4.78, 5) is 0. The Morgan fingerprint density at radius 2 is 1.67 bits per heavy atom. The number of allylic oxidation sites excluding steroid dienone is 1. The third-order valence-electron chi connectivity index (χ3n) is 11.8. The molecule has 0 heteroatoms. The van der Waals surface area contributed by atoms with Crippen LogP contribution in [0.25, 0.3) is 0 Å². The van der Waals surface area contributed by atoms with Crippen LogP contribution in [0.15, 0.2) is 17.9 Å². The molecule has 0 aromatic carbocycles. The molecule has 0 radical (unpaired) electrons. The van der Waals surface area contributed by atoms with Crippen molar-refractivity contribution in [1.29, 1.82) is 0 Å². The van der Waals surface area contributed by atoms with Crippen molar-refractivity contribution in [2.45, 2.75) is 125 Å². The van der Waals surface area contributed by atoms with Crippen LogP contribution < -0.4 is 0 Å². The second kappa shape index (κ2) is 8.46. The zero-order valence-electron chi connectivity index (χ0n) is 21.0. The van der Waals surface area contributed by atoms with Crippen LogP contribution in [-0.4, -0.2) is 0 Å². The minimum absolute atomic E-state index is 0.494. The molecule has 0 nitrogen and oxygen atoms in total. The van der Waals surface area contributed by atoms with Crippen LogP contribution in [0.3, 0.4) is 0 Å². The van der Waals surface area contributed by atoms with E-state index >= 15 is 0 Å². The average Bonchev–Trinajstić information content (AvgIpc) is 2.98. The molecule has 0 aromatic rings. The first-order chi connectivity index (χ1) is 14.3. The maximum absolute atomic E-state index is 4.13. The highest BCUT2D eigenvalue weighted by Crippen LogP contribution is 2.70. The van der Waals surface area contributed by atoms with E-state index in [9.17, 15) is 0 Å². The fraction of sp³-hybridized carbons (Fsp3) is 0.900. The minimum Gasteiger partial charge on any atom is -0.129 e. The Balaban J connectivity index is 1.71. The van der Waals surface area contributed by atoms with E-state index in [2.05, 4.69) is 46.9 Å². The predicted octanol–water partition coefficient (Wildman–Crippen LogP) is 9.35. The SMILES string of the molecule is C=C=C(CC)[C@H]1CCCCC2[C@@H]3CC[C@]4(CC)C[C@@H](C)CCCC4(C)C3CC[C@@]21C. The predicted molar refractivity (Wildman–Crippen MR) is 130 cm³/mol. The lowest BCUT2D eigenvalue weighted by atomic mass is 9.40. The Hall–Kier alpha value is -0.480. The molecule has 4 saturated carbocycles. The third kappa shape index (κ3) is 3.31. The molecule has 8 atom stereocenters. The monoisotopic (exact) mass is 410 g/mol. The van der Waals surface area contributed by atoms with Gasteiger partial charge >= 0.3 is 0 Å². The van der Waals surface area contributed by atoms with Crippen molar-refractivity contribution >= 4 is 0 Å². The molecule has 4 fully saturated rings. The van der Waals surface area contributed by atoms with Crippen LogP contribution >= 0.6 is 0 Å². The summed E-state index contributed by atoms with van der Waals surface area (Å²) in [5.41, 5.74) is 6.68. The zero-order valence-corrected chi connectivity index (χ0v) is 21.0. The van der Waals surface area contributed by atoms with Crippen LogP contribution in [-0.2, 0) is 0 Å². The lowest BCUT2D eigenvalue weighted by Gasteiger charge is -2.65. The fourth-order valence-corrected chi connectivity index (χ4v) is 10.1. The van der Waals surface area contributed by atoms with Gasteiger partial charge in [0.1, 0.15) is 0 Å². The lowest BCUT2D eigenvalue weighted by molar-refractivity contribution is -0.156. The summed E-state index contributed by atoms with van der Waals surface area (Å²) in [5.74, 6) is 4.57. The largest absolute Gasteiger partial charge is 0.129 e. The van der Waals surface area contributed by atoms with Crippen LogP contribution in [0.1, 0.15) is 125 Å². The Morgan fingerprint density at radius 1 is 0.900 bits per heavy atom. The fourth-order valence-electron chi connectivity index (χ4n) is 10.1.